The first-order valence-corrected chi connectivity index (χ1v) is 7.19. The second kappa shape index (κ2) is 6.79. The zero-order chi connectivity index (χ0) is 17.8. The van der Waals surface area contributed by atoms with Crippen molar-refractivity contribution in [1.29, 1.82) is 0 Å². The molecule has 0 atom stereocenters. The Morgan fingerprint density at radius 2 is 2.08 bits per heavy atom. The third-order valence-electron chi connectivity index (χ3n) is 3.35. The first-order valence-electron chi connectivity index (χ1n) is 7.19. The van der Waals surface area contributed by atoms with Crippen molar-refractivity contribution in [1.82, 2.24) is 14.6 Å². The van der Waals surface area contributed by atoms with Crippen LogP contribution < -0.4 is 0 Å². The van der Waals surface area contributed by atoms with Crippen LogP contribution in [-0.4, -0.2) is 38.8 Å². The van der Waals surface area contributed by atoms with Crippen molar-refractivity contribution in [3.05, 3.63) is 71.0 Å². The Labute approximate surface area is 142 Å². The second-order valence-electron chi connectivity index (χ2n) is 5.03. The number of benzene rings is 1. The summed E-state index contributed by atoms with van der Waals surface area (Å²) in [4.78, 5) is 26.0. The minimum atomic E-state index is -0.461. The Morgan fingerprint density at radius 1 is 1.32 bits per heavy atom. The Hall–Kier alpha value is -3.75. The molecule has 0 fully saturated rings. The molecular formula is C16H13N5O4. The van der Waals surface area contributed by atoms with Gasteiger partial charge < -0.3 is 4.42 Å². The van der Waals surface area contributed by atoms with Crippen molar-refractivity contribution in [3.63, 3.8) is 0 Å². The molecule has 25 heavy (non-hydrogen) atoms. The fourth-order valence-corrected chi connectivity index (χ4v) is 2.06. The van der Waals surface area contributed by atoms with Gasteiger partial charge in [-0.25, -0.2) is 14.8 Å². The third kappa shape index (κ3) is 3.61. The van der Waals surface area contributed by atoms with Gasteiger partial charge in [0.05, 0.1) is 11.1 Å². The quantitative estimate of drug-likeness (QED) is 0.412. The molecule has 1 aromatic carbocycles. The Balaban J connectivity index is 1.71. The van der Waals surface area contributed by atoms with E-state index in [9.17, 15) is 14.9 Å². The summed E-state index contributed by atoms with van der Waals surface area (Å²) in [5, 5.41) is 15.8. The summed E-state index contributed by atoms with van der Waals surface area (Å²) in [5.41, 5.74) is 0.713. The summed E-state index contributed by atoms with van der Waals surface area (Å²) in [5.74, 6) is 0.985. The van der Waals surface area contributed by atoms with Crippen LogP contribution in [-0.2, 0) is 0 Å². The second-order valence-corrected chi connectivity index (χ2v) is 5.03. The third-order valence-corrected chi connectivity index (χ3v) is 3.35. The molecule has 0 aliphatic rings. The van der Waals surface area contributed by atoms with Crippen molar-refractivity contribution in [3.8, 4) is 11.3 Å². The number of nitro groups is 1. The summed E-state index contributed by atoms with van der Waals surface area (Å²) in [7, 11) is 1.51. The van der Waals surface area contributed by atoms with E-state index in [1.165, 1.54) is 48.7 Å². The number of rotatable bonds is 4. The lowest BCUT2D eigenvalue weighted by molar-refractivity contribution is -0.384. The molecule has 0 aliphatic carbocycles. The van der Waals surface area contributed by atoms with Crippen molar-refractivity contribution >= 4 is 17.9 Å². The van der Waals surface area contributed by atoms with Crippen molar-refractivity contribution in [2.45, 2.75) is 0 Å². The van der Waals surface area contributed by atoms with Gasteiger partial charge in [0.15, 0.2) is 0 Å². The molecule has 0 spiro atoms. The van der Waals surface area contributed by atoms with Crippen molar-refractivity contribution in [2.24, 2.45) is 5.10 Å². The largest absolute Gasteiger partial charge is 0.455 e. The number of imidazole rings is 1. The van der Waals surface area contributed by atoms with Crippen LogP contribution in [0, 0.1) is 10.1 Å². The maximum atomic E-state index is 12.0. The zero-order valence-corrected chi connectivity index (χ0v) is 13.1. The molecule has 0 bridgehead atoms. The van der Waals surface area contributed by atoms with Gasteiger partial charge in [0.25, 0.3) is 5.69 Å². The number of nitro benzene ring substituents is 1. The average molecular weight is 339 g/mol. The highest BCUT2D eigenvalue weighted by atomic mass is 16.6. The molecule has 9 heteroatoms. The molecule has 0 radical (unpaired) electrons. The van der Waals surface area contributed by atoms with Crippen LogP contribution in [0.25, 0.3) is 11.3 Å². The average Bonchev–Trinajstić information content (AvgIpc) is 3.31. The number of amides is 1. The predicted octanol–water partition coefficient (Wildman–Crippen LogP) is 2.99. The van der Waals surface area contributed by atoms with Crippen LogP contribution in [0.3, 0.4) is 0 Å². The lowest BCUT2D eigenvalue weighted by Gasteiger charge is -2.09. The number of furan rings is 1. The van der Waals surface area contributed by atoms with Crippen LogP contribution in [0.2, 0.25) is 0 Å². The van der Waals surface area contributed by atoms with Gasteiger partial charge in [0.2, 0.25) is 0 Å². The SMILES string of the molecule is CN(/N=C/c1ccc(-c2ccc([N+](=O)[O-])cc2)o1)C(=O)n1ccnc1. The van der Waals surface area contributed by atoms with Gasteiger partial charge >= 0.3 is 6.03 Å². The van der Waals surface area contributed by atoms with Gasteiger partial charge in [-0.3, -0.25) is 14.7 Å². The molecule has 3 aromatic rings. The number of hydrogen-bond acceptors (Lipinski definition) is 6. The normalized spacial score (nSPS) is 10.9. The molecule has 0 N–H and O–H groups in total. The highest BCUT2D eigenvalue weighted by molar-refractivity contribution is 5.81. The highest BCUT2D eigenvalue weighted by Crippen LogP contribution is 2.24. The molecule has 2 heterocycles. The van der Waals surface area contributed by atoms with Gasteiger partial charge in [-0.05, 0) is 24.3 Å². The monoisotopic (exact) mass is 339 g/mol. The van der Waals surface area contributed by atoms with E-state index in [1.54, 1.807) is 24.3 Å². The zero-order valence-electron chi connectivity index (χ0n) is 13.1. The number of hydrazone groups is 1. The van der Waals surface area contributed by atoms with E-state index in [1.807, 2.05) is 0 Å². The van der Waals surface area contributed by atoms with Crippen LogP contribution in [0.5, 0.6) is 0 Å². The van der Waals surface area contributed by atoms with Crippen molar-refractivity contribution < 1.29 is 14.1 Å². The Kier molecular flexibility index (Phi) is 4.38. The van der Waals surface area contributed by atoms with Crippen molar-refractivity contribution in [2.75, 3.05) is 7.05 Å². The van der Waals surface area contributed by atoms with E-state index >= 15 is 0 Å². The number of hydrogen-bond donors (Lipinski definition) is 0. The fourth-order valence-electron chi connectivity index (χ4n) is 2.06. The van der Waals surface area contributed by atoms with E-state index in [4.69, 9.17) is 4.42 Å². The van der Waals surface area contributed by atoms with Gasteiger partial charge in [0.1, 0.15) is 17.8 Å². The Bertz CT molecular complexity index is 912. The van der Waals surface area contributed by atoms with E-state index in [0.29, 0.717) is 17.1 Å². The van der Waals surface area contributed by atoms with Gasteiger partial charge in [-0.15, -0.1) is 0 Å². The first-order chi connectivity index (χ1) is 12.0. The molecule has 1 amide bonds. The fraction of sp³-hybridized carbons (Fsp3) is 0.0625. The van der Waals surface area contributed by atoms with E-state index in [0.717, 1.165) is 5.01 Å². The van der Waals surface area contributed by atoms with E-state index in [2.05, 4.69) is 10.1 Å². The Morgan fingerprint density at radius 3 is 2.72 bits per heavy atom. The molecule has 0 saturated heterocycles. The summed E-state index contributed by atoms with van der Waals surface area (Å²) in [6.45, 7) is 0. The topological polar surface area (TPSA) is 107 Å². The molecular weight excluding hydrogens is 326 g/mol. The smallest absolute Gasteiger partial charge is 0.349 e. The maximum absolute atomic E-state index is 12.0. The number of carbonyl (C=O) groups is 1. The van der Waals surface area contributed by atoms with Crippen LogP contribution in [0.1, 0.15) is 5.76 Å². The number of non-ortho nitro benzene ring substituents is 1. The van der Waals surface area contributed by atoms with Gasteiger partial charge in [-0.1, -0.05) is 0 Å². The van der Waals surface area contributed by atoms with E-state index < -0.39 is 4.92 Å². The summed E-state index contributed by atoms with van der Waals surface area (Å²) in [6.07, 6.45) is 5.81. The highest BCUT2D eigenvalue weighted by Gasteiger charge is 2.10. The molecule has 9 nitrogen and oxygen atoms in total. The number of carbonyl (C=O) groups excluding carboxylic acids is 1. The van der Waals surface area contributed by atoms with Gasteiger partial charge in [-0.2, -0.15) is 5.10 Å². The summed E-state index contributed by atoms with van der Waals surface area (Å²) in [6, 6.07) is 9.07. The summed E-state index contributed by atoms with van der Waals surface area (Å²) < 4.78 is 6.91. The molecule has 0 unspecified atom stereocenters. The molecule has 0 saturated carbocycles. The summed E-state index contributed by atoms with van der Waals surface area (Å²) >= 11 is 0. The van der Waals surface area contributed by atoms with Crippen LogP contribution in [0.15, 0.2) is 64.6 Å². The van der Waals surface area contributed by atoms with Crippen LogP contribution >= 0.6 is 0 Å². The van der Waals surface area contributed by atoms with E-state index in [-0.39, 0.29) is 11.7 Å². The predicted molar refractivity (Wildman–Crippen MR) is 89.2 cm³/mol. The number of aromatic nitrogens is 2. The molecule has 2 aromatic heterocycles. The lowest BCUT2D eigenvalue weighted by Crippen LogP contribution is -2.25. The minimum absolute atomic E-state index is 0.0109. The first kappa shape index (κ1) is 16.1. The number of nitrogens with zero attached hydrogens (tertiary/aromatic N) is 5. The minimum Gasteiger partial charge on any atom is -0.455 e. The van der Waals surface area contributed by atoms with Crippen LogP contribution in [0.4, 0.5) is 10.5 Å². The van der Waals surface area contributed by atoms with Gasteiger partial charge in [0, 0.05) is 37.1 Å². The standard InChI is InChI=1S/C16H13N5O4/c1-19(16(22)20-9-8-17-11-20)18-10-14-6-7-15(25-14)12-2-4-13(5-3-12)21(23)24/h2-11H,1H3/b18-10+. The molecule has 126 valence electrons. The maximum Gasteiger partial charge on any atom is 0.349 e. The lowest BCUT2D eigenvalue weighted by atomic mass is 10.1. The molecule has 3 rings (SSSR count). The molecule has 0 aliphatic heterocycles.